The molecule has 1 heterocycles. The number of hydrogen-bond acceptors (Lipinski definition) is 3. The molecule has 0 saturated carbocycles. The molecule has 0 atom stereocenters. The fraction of sp³-hybridized carbons (Fsp3) is 0.154. The molecule has 0 amide bonds. The number of benzene rings is 1. The highest BCUT2D eigenvalue weighted by molar-refractivity contribution is 5.31. The van der Waals surface area contributed by atoms with E-state index in [2.05, 4.69) is 4.98 Å². The van der Waals surface area contributed by atoms with Gasteiger partial charge in [0.2, 0.25) is 0 Å². The number of rotatable bonds is 4. The molecule has 2 rings (SSSR count). The highest BCUT2D eigenvalue weighted by Gasteiger charge is 2.12. The van der Waals surface area contributed by atoms with Crippen molar-refractivity contribution in [2.24, 2.45) is 5.73 Å². The van der Waals surface area contributed by atoms with Crippen molar-refractivity contribution in [2.75, 3.05) is 0 Å². The molecule has 2 N–H and O–H groups in total. The van der Waals surface area contributed by atoms with E-state index >= 15 is 0 Å². The minimum atomic E-state index is -0.746. The van der Waals surface area contributed by atoms with Crippen molar-refractivity contribution in [1.29, 1.82) is 0 Å². The fourth-order valence-electron chi connectivity index (χ4n) is 1.50. The van der Waals surface area contributed by atoms with Crippen molar-refractivity contribution in [1.82, 2.24) is 4.98 Å². The van der Waals surface area contributed by atoms with E-state index in [-0.39, 0.29) is 18.9 Å². The van der Waals surface area contributed by atoms with Crippen molar-refractivity contribution in [3.8, 4) is 5.75 Å². The third kappa shape index (κ3) is 2.81. The molecular weight excluding hydrogens is 238 g/mol. The van der Waals surface area contributed by atoms with Gasteiger partial charge in [0.05, 0.1) is 0 Å². The van der Waals surface area contributed by atoms with Crippen molar-refractivity contribution in [2.45, 2.75) is 13.2 Å². The lowest BCUT2D eigenvalue weighted by atomic mass is 10.2. The molecule has 0 unspecified atom stereocenters. The van der Waals surface area contributed by atoms with E-state index in [1.807, 2.05) is 0 Å². The lowest BCUT2D eigenvalue weighted by molar-refractivity contribution is 0.273. The number of pyridine rings is 1. The van der Waals surface area contributed by atoms with E-state index in [1.165, 1.54) is 12.1 Å². The average molecular weight is 250 g/mol. The van der Waals surface area contributed by atoms with Gasteiger partial charge in [-0.2, -0.15) is 0 Å². The molecule has 94 valence electrons. The van der Waals surface area contributed by atoms with Crippen molar-refractivity contribution in [3.05, 3.63) is 59.4 Å². The van der Waals surface area contributed by atoms with Gasteiger partial charge < -0.3 is 10.5 Å². The van der Waals surface area contributed by atoms with Crippen LogP contribution in [-0.4, -0.2) is 4.98 Å². The summed E-state index contributed by atoms with van der Waals surface area (Å²) in [6, 6.07) is 5.77. The standard InChI is InChI=1S/C13H12F2N2O/c14-11-5-10(7-16)6-12(15)13(11)18-8-9-1-3-17-4-2-9/h1-6H,7-8,16H2. The third-order valence-corrected chi connectivity index (χ3v) is 2.43. The van der Waals surface area contributed by atoms with Crippen molar-refractivity contribution in [3.63, 3.8) is 0 Å². The topological polar surface area (TPSA) is 48.1 Å². The monoisotopic (exact) mass is 250 g/mol. The van der Waals surface area contributed by atoms with Crippen LogP contribution in [0.4, 0.5) is 8.78 Å². The van der Waals surface area contributed by atoms with Gasteiger partial charge in [0.1, 0.15) is 6.61 Å². The molecule has 0 aliphatic heterocycles. The molecule has 5 heteroatoms. The molecule has 0 aliphatic rings. The Morgan fingerprint density at radius 2 is 1.67 bits per heavy atom. The van der Waals surface area contributed by atoms with Gasteiger partial charge in [-0.05, 0) is 35.4 Å². The summed E-state index contributed by atoms with van der Waals surface area (Å²) in [6.45, 7) is 0.163. The smallest absolute Gasteiger partial charge is 0.191 e. The predicted octanol–water partition coefficient (Wildman–Crippen LogP) is 2.40. The molecule has 0 fully saturated rings. The van der Waals surface area contributed by atoms with Crippen LogP contribution in [0.15, 0.2) is 36.7 Å². The van der Waals surface area contributed by atoms with E-state index in [4.69, 9.17) is 10.5 Å². The first-order valence-electron chi connectivity index (χ1n) is 5.40. The first-order chi connectivity index (χ1) is 8.70. The Bertz CT molecular complexity index is 509. The summed E-state index contributed by atoms with van der Waals surface area (Å²) in [7, 11) is 0. The van der Waals surface area contributed by atoms with E-state index in [1.54, 1.807) is 24.5 Å². The zero-order valence-corrected chi connectivity index (χ0v) is 9.57. The van der Waals surface area contributed by atoms with Gasteiger partial charge >= 0.3 is 0 Å². The van der Waals surface area contributed by atoms with Gasteiger partial charge in [0, 0.05) is 18.9 Å². The Hall–Kier alpha value is -2.01. The molecule has 0 saturated heterocycles. The minimum absolute atomic E-state index is 0.0817. The van der Waals surface area contributed by atoms with Crippen LogP contribution in [0.5, 0.6) is 5.75 Å². The highest BCUT2D eigenvalue weighted by atomic mass is 19.1. The summed E-state index contributed by atoms with van der Waals surface area (Å²) in [5.74, 6) is -1.88. The molecule has 0 aliphatic carbocycles. The summed E-state index contributed by atoms with van der Waals surface area (Å²) in [4.78, 5) is 3.84. The highest BCUT2D eigenvalue weighted by Crippen LogP contribution is 2.24. The minimum Gasteiger partial charge on any atom is -0.483 e. The lowest BCUT2D eigenvalue weighted by Crippen LogP contribution is -2.03. The Kier molecular flexibility index (Phi) is 3.84. The zero-order valence-electron chi connectivity index (χ0n) is 9.57. The number of aromatic nitrogens is 1. The number of halogens is 2. The number of nitrogens with two attached hydrogens (primary N) is 1. The molecule has 18 heavy (non-hydrogen) atoms. The number of ether oxygens (including phenoxy) is 1. The van der Waals surface area contributed by atoms with Crippen LogP contribution in [0, 0.1) is 11.6 Å². The van der Waals surface area contributed by atoms with Crippen LogP contribution in [-0.2, 0) is 13.2 Å². The van der Waals surface area contributed by atoms with E-state index in [0.717, 1.165) is 5.56 Å². The second kappa shape index (κ2) is 5.55. The van der Waals surface area contributed by atoms with Crippen LogP contribution in [0.1, 0.15) is 11.1 Å². The van der Waals surface area contributed by atoms with E-state index < -0.39 is 11.6 Å². The molecule has 0 bridgehead atoms. The quantitative estimate of drug-likeness (QED) is 0.906. The maximum absolute atomic E-state index is 13.6. The maximum Gasteiger partial charge on any atom is 0.191 e. The molecule has 1 aromatic heterocycles. The molecule has 2 aromatic rings. The predicted molar refractivity (Wildman–Crippen MR) is 62.8 cm³/mol. The van der Waals surface area contributed by atoms with Gasteiger partial charge in [0.15, 0.2) is 17.4 Å². The van der Waals surface area contributed by atoms with Crippen LogP contribution >= 0.6 is 0 Å². The molecule has 3 nitrogen and oxygen atoms in total. The normalized spacial score (nSPS) is 10.4. The van der Waals surface area contributed by atoms with Crippen LogP contribution in [0.25, 0.3) is 0 Å². The first-order valence-corrected chi connectivity index (χ1v) is 5.40. The van der Waals surface area contributed by atoms with Crippen LogP contribution < -0.4 is 10.5 Å². The lowest BCUT2D eigenvalue weighted by Gasteiger charge is -2.09. The Morgan fingerprint density at radius 1 is 1.06 bits per heavy atom. The summed E-state index contributed by atoms with van der Waals surface area (Å²) >= 11 is 0. The SMILES string of the molecule is NCc1cc(F)c(OCc2ccncc2)c(F)c1. The Balaban J connectivity index is 2.15. The maximum atomic E-state index is 13.6. The third-order valence-electron chi connectivity index (χ3n) is 2.43. The number of nitrogens with zero attached hydrogens (tertiary/aromatic N) is 1. The average Bonchev–Trinajstić information content (AvgIpc) is 2.38. The van der Waals surface area contributed by atoms with Gasteiger partial charge in [-0.3, -0.25) is 4.98 Å². The second-order valence-electron chi connectivity index (χ2n) is 3.74. The van der Waals surface area contributed by atoms with E-state index in [0.29, 0.717) is 5.56 Å². The van der Waals surface area contributed by atoms with Crippen LogP contribution in [0.3, 0.4) is 0 Å². The molecular formula is C13H12F2N2O. The fourth-order valence-corrected chi connectivity index (χ4v) is 1.50. The molecule has 1 aromatic carbocycles. The van der Waals surface area contributed by atoms with Crippen LogP contribution in [0.2, 0.25) is 0 Å². The first kappa shape index (κ1) is 12.4. The summed E-state index contributed by atoms with van der Waals surface area (Å²) in [5, 5.41) is 0. The second-order valence-corrected chi connectivity index (χ2v) is 3.74. The zero-order chi connectivity index (χ0) is 13.0. The Morgan fingerprint density at radius 3 is 2.22 bits per heavy atom. The summed E-state index contributed by atoms with van der Waals surface area (Å²) < 4.78 is 32.3. The van der Waals surface area contributed by atoms with Gasteiger partial charge in [-0.15, -0.1) is 0 Å². The van der Waals surface area contributed by atoms with Gasteiger partial charge in [-0.25, -0.2) is 8.78 Å². The molecule has 0 radical (unpaired) electrons. The molecule has 0 spiro atoms. The van der Waals surface area contributed by atoms with Gasteiger partial charge in [-0.1, -0.05) is 0 Å². The largest absolute Gasteiger partial charge is 0.483 e. The van der Waals surface area contributed by atoms with Gasteiger partial charge in [0.25, 0.3) is 0 Å². The summed E-state index contributed by atoms with van der Waals surface area (Å²) in [6.07, 6.45) is 3.17. The van der Waals surface area contributed by atoms with Crippen molar-refractivity contribution < 1.29 is 13.5 Å². The Labute approximate surface area is 103 Å². The van der Waals surface area contributed by atoms with E-state index in [9.17, 15) is 8.78 Å². The van der Waals surface area contributed by atoms with Crippen molar-refractivity contribution >= 4 is 0 Å². The number of hydrogen-bond donors (Lipinski definition) is 1. The summed E-state index contributed by atoms with van der Waals surface area (Å²) in [5.41, 5.74) is 6.50.